The minimum absolute atomic E-state index is 0.159. The van der Waals surface area contributed by atoms with Gasteiger partial charge < -0.3 is 4.74 Å². The standard InChI is InChI=1S/C15H16N2O3S/c1-10-6-11(2)8-12(7-10)20-9-14(18)16-17-15(19)13-4-3-5-21-13/h3-8H,9H2,1-2H3,(H,16,18)(H,17,19). The summed E-state index contributed by atoms with van der Waals surface area (Å²) >= 11 is 1.30. The van der Waals surface area contributed by atoms with Crippen molar-refractivity contribution in [1.82, 2.24) is 10.9 Å². The molecule has 0 atom stereocenters. The summed E-state index contributed by atoms with van der Waals surface area (Å²) in [5, 5.41) is 1.79. The SMILES string of the molecule is Cc1cc(C)cc(OCC(=O)NNC(=O)c2cccs2)c1. The molecule has 0 bridgehead atoms. The van der Waals surface area contributed by atoms with Crippen LogP contribution in [0.15, 0.2) is 35.7 Å². The summed E-state index contributed by atoms with van der Waals surface area (Å²) in [6.45, 7) is 3.76. The van der Waals surface area contributed by atoms with Crippen molar-refractivity contribution >= 4 is 23.2 Å². The molecule has 0 saturated carbocycles. The maximum absolute atomic E-state index is 11.6. The van der Waals surface area contributed by atoms with E-state index < -0.39 is 5.91 Å². The Kier molecular flexibility index (Phi) is 4.94. The summed E-state index contributed by atoms with van der Waals surface area (Å²) < 4.78 is 5.39. The lowest BCUT2D eigenvalue weighted by Gasteiger charge is -2.09. The smallest absolute Gasteiger partial charge is 0.279 e. The number of hydrazine groups is 1. The second-order valence-corrected chi connectivity index (χ2v) is 5.54. The second-order valence-electron chi connectivity index (χ2n) is 4.59. The molecule has 0 radical (unpaired) electrons. The lowest BCUT2D eigenvalue weighted by molar-refractivity contribution is -0.123. The molecule has 0 aliphatic heterocycles. The lowest BCUT2D eigenvalue weighted by atomic mass is 10.1. The van der Waals surface area contributed by atoms with Gasteiger partial charge in [0, 0.05) is 0 Å². The van der Waals surface area contributed by atoms with E-state index in [0.29, 0.717) is 10.6 Å². The van der Waals surface area contributed by atoms with Gasteiger partial charge in [-0.15, -0.1) is 11.3 Å². The zero-order chi connectivity index (χ0) is 15.2. The maximum Gasteiger partial charge on any atom is 0.279 e. The van der Waals surface area contributed by atoms with Gasteiger partial charge >= 0.3 is 0 Å². The van der Waals surface area contributed by atoms with Gasteiger partial charge in [-0.2, -0.15) is 0 Å². The molecule has 2 aromatic rings. The normalized spacial score (nSPS) is 10.0. The Morgan fingerprint density at radius 1 is 1.14 bits per heavy atom. The van der Waals surface area contributed by atoms with Crippen LogP contribution in [0.4, 0.5) is 0 Å². The van der Waals surface area contributed by atoms with Gasteiger partial charge in [0.2, 0.25) is 0 Å². The first kappa shape index (κ1) is 15.1. The molecule has 1 aromatic carbocycles. The summed E-state index contributed by atoms with van der Waals surface area (Å²) in [5.41, 5.74) is 6.78. The molecule has 0 aliphatic rings. The van der Waals surface area contributed by atoms with E-state index in [1.165, 1.54) is 11.3 Å². The maximum atomic E-state index is 11.6. The predicted molar refractivity (Wildman–Crippen MR) is 81.3 cm³/mol. The van der Waals surface area contributed by atoms with E-state index in [1.54, 1.807) is 17.5 Å². The van der Waals surface area contributed by atoms with Gasteiger partial charge in [0.15, 0.2) is 6.61 Å². The molecule has 1 heterocycles. The number of carbonyl (C=O) groups is 2. The third-order valence-electron chi connectivity index (χ3n) is 2.63. The summed E-state index contributed by atoms with van der Waals surface area (Å²) in [7, 11) is 0. The molecule has 0 aliphatic carbocycles. The molecule has 0 saturated heterocycles. The number of carbonyl (C=O) groups excluding carboxylic acids is 2. The molecule has 5 nitrogen and oxygen atoms in total. The van der Waals surface area contributed by atoms with E-state index in [2.05, 4.69) is 10.9 Å². The van der Waals surface area contributed by atoms with Crippen LogP contribution in [0.5, 0.6) is 5.75 Å². The van der Waals surface area contributed by atoms with Crippen molar-refractivity contribution in [3.63, 3.8) is 0 Å². The molecule has 1 aromatic heterocycles. The van der Waals surface area contributed by atoms with Crippen molar-refractivity contribution < 1.29 is 14.3 Å². The number of amides is 2. The van der Waals surface area contributed by atoms with Crippen molar-refractivity contribution in [3.05, 3.63) is 51.7 Å². The number of benzene rings is 1. The molecule has 21 heavy (non-hydrogen) atoms. The van der Waals surface area contributed by atoms with Crippen LogP contribution in [0.2, 0.25) is 0 Å². The third-order valence-corrected chi connectivity index (χ3v) is 3.49. The van der Waals surface area contributed by atoms with Crippen LogP contribution in [0.3, 0.4) is 0 Å². The van der Waals surface area contributed by atoms with Crippen molar-refractivity contribution in [1.29, 1.82) is 0 Å². The highest BCUT2D eigenvalue weighted by Crippen LogP contribution is 2.15. The molecule has 2 amide bonds. The zero-order valence-corrected chi connectivity index (χ0v) is 12.6. The largest absolute Gasteiger partial charge is 0.484 e. The third kappa shape index (κ3) is 4.61. The minimum Gasteiger partial charge on any atom is -0.484 e. The lowest BCUT2D eigenvalue weighted by Crippen LogP contribution is -2.43. The molecular formula is C15H16N2O3S. The molecule has 6 heteroatoms. The van der Waals surface area contributed by atoms with E-state index in [9.17, 15) is 9.59 Å². The van der Waals surface area contributed by atoms with Gasteiger partial charge in [-0.25, -0.2) is 0 Å². The molecule has 2 rings (SSSR count). The fourth-order valence-corrected chi connectivity index (χ4v) is 2.42. The van der Waals surface area contributed by atoms with Gasteiger partial charge in [0.1, 0.15) is 5.75 Å². The molecule has 0 unspecified atom stereocenters. The number of nitrogens with one attached hydrogen (secondary N) is 2. The number of aryl methyl sites for hydroxylation is 2. The first-order valence-electron chi connectivity index (χ1n) is 6.38. The molecule has 0 spiro atoms. The summed E-state index contributed by atoms with van der Waals surface area (Å²) in [6.07, 6.45) is 0. The Balaban J connectivity index is 1.78. The predicted octanol–water partition coefficient (Wildman–Crippen LogP) is 2.20. The van der Waals surface area contributed by atoms with Crippen LogP contribution in [0.25, 0.3) is 0 Å². The van der Waals surface area contributed by atoms with Gasteiger partial charge in [-0.05, 0) is 48.6 Å². The van der Waals surface area contributed by atoms with E-state index in [0.717, 1.165) is 11.1 Å². The Bertz CT molecular complexity index is 618. The highest BCUT2D eigenvalue weighted by Gasteiger charge is 2.08. The summed E-state index contributed by atoms with van der Waals surface area (Å²) in [5.74, 6) is -0.129. The Labute approximate surface area is 126 Å². The molecule has 2 N–H and O–H groups in total. The monoisotopic (exact) mass is 304 g/mol. The van der Waals surface area contributed by atoms with Gasteiger partial charge in [0.05, 0.1) is 4.88 Å². The van der Waals surface area contributed by atoms with E-state index in [1.807, 2.05) is 32.0 Å². The van der Waals surface area contributed by atoms with E-state index in [-0.39, 0.29) is 12.5 Å². The van der Waals surface area contributed by atoms with Crippen LogP contribution >= 0.6 is 11.3 Å². The van der Waals surface area contributed by atoms with Crippen LogP contribution < -0.4 is 15.6 Å². The van der Waals surface area contributed by atoms with Gasteiger partial charge in [-0.1, -0.05) is 12.1 Å². The Morgan fingerprint density at radius 2 is 1.86 bits per heavy atom. The number of thiophene rings is 1. The van der Waals surface area contributed by atoms with Gasteiger partial charge in [-0.3, -0.25) is 20.4 Å². The Hall–Kier alpha value is -2.34. The van der Waals surface area contributed by atoms with Crippen molar-refractivity contribution in [2.45, 2.75) is 13.8 Å². The highest BCUT2D eigenvalue weighted by atomic mass is 32.1. The van der Waals surface area contributed by atoms with Crippen LogP contribution in [0, 0.1) is 13.8 Å². The van der Waals surface area contributed by atoms with Crippen molar-refractivity contribution in [3.8, 4) is 5.75 Å². The van der Waals surface area contributed by atoms with E-state index >= 15 is 0 Å². The van der Waals surface area contributed by atoms with Crippen LogP contribution in [-0.4, -0.2) is 18.4 Å². The van der Waals surface area contributed by atoms with Crippen molar-refractivity contribution in [2.24, 2.45) is 0 Å². The first-order valence-corrected chi connectivity index (χ1v) is 7.26. The van der Waals surface area contributed by atoms with Crippen LogP contribution in [-0.2, 0) is 4.79 Å². The van der Waals surface area contributed by atoms with Crippen molar-refractivity contribution in [2.75, 3.05) is 6.61 Å². The average Bonchev–Trinajstić information content (AvgIpc) is 2.95. The molecule has 0 fully saturated rings. The second kappa shape index (κ2) is 6.90. The van der Waals surface area contributed by atoms with E-state index in [4.69, 9.17) is 4.74 Å². The number of ether oxygens (including phenoxy) is 1. The first-order chi connectivity index (χ1) is 10.0. The number of rotatable bonds is 4. The number of hydrogen-bond donors (Lipinski definition) is 2. The Morgan fingerprint density at radius 3 is 2.48 bits per heavy atom. The summed E-state index contributed by atoms with van der Waals surface area (Å²) in [6, 6.07) is 9.17. The minimum atomic E-state index is -0.418. The fraction of sp³-hybridized carbons (Fsp3) is 0.200. The zero-order valence-electron chi connectivity index (χ0n) is 11.8. The van der Waals surface area contributed by atoms with Gasteiger partial charge in [0.25, 0.3) is 11.8 Å². The average molecular weight is 304 g/mol. The van der Waals surface area contributed by atoms with Crippen LogP contribution in [0.1, 0.15) is 20.8 Å². The highest BCUT2D eigenvalue weighted by molar-refractivity contribution is 7.12. The summed E-state index contributed by atoms with van der Waals surface area (Å²) in [4.78, 5) is 23.8. The number of hydrogen-bond acceptors (Lipinski definition) is 4. The quantitative estimate of drug-likeness (QED) is 0.851. The molecule has 110 valence electrons. The fourth-order valence-electron chi connectivity index (χ4n) is 1.80. The topological polar surface area (TPSA) is 67.4 Å². The molecular weight excluding hydrogens is 288 g/mol.